The Morgan fingerprint density at radius 1 is 1.48 bits per heavy atom. The molecular weight excluding hydrogens is 310 g/mol. The lowest BCUT2D eigenvalue weighted by Crippen LogP contribution is -2.42. The van der Waals surface area contributed by atoms with E-state index in [4.69, 9.17) is 5.14 Å². The standard InChI is InChI=1S/C12H17N5O2S2/c13-21(18,19)16-6-9-2-1-4-17(7-9)12-11-10(3-5-20-11)14-8-15-12/h3,5,8-9,16H,1-2,4,6-7H2,(H2,13,18,19). The molecule has 114 valence electrons. The van der Waals surface area contributed by atoms with Crippen LogP contribution in [0.5, 0.6) is 0 Å². The van der Waals surface area contributed by atoms with Crippen molar-refractivity contribution in [2.45, 2.75) is 12.8 Å². The fourth-order valence-corrected chi connectivity index (χ4v) is 3.99. The smallest absolute Gasteiger partial charge is 0.274 e. The van der Waals surface area contributed by atoms with E-state index in [0.29, 0.717) is 6.54 Å². The van der Waals surface area contributed by atoms with Gasteiger partial charge in [0, 0.05) is 19.6 Å². The third-order valence-electron chi connectivity index (χ3n) is 3.62. The summed E-state index contributed by atoms with van der Waals surface area (Å²) >= 11 is 1.63. The third kappa shape index (κ3) is 3.49. The molecule has 0 aromatic carbocycles. The highest BCUT2D eigenvalue weighted by Gasteiger charge is 2.23. The molecule has 1 unspecified atom stereocenters. The normalized spacial score (nSPS) is 20.0. The molecule has 0 aliphatic carbocycles. The molecule has 3 rings (SSSR count). The van der Waals surface area contributed by atoms with Crippen molar-refractivity contribution in [1.82, 2.24) is 14.7 Å². The maximum atomic E-state index is 11.0. The highest BCUT2D eigenvalue weighted by atomic mass is 32.2. The number of anilines is 1. The Bertz CT molecular complexity index is 730. The maximum absolute atomic E-state index is 11.0. The summed E-state index contributed by atoms with van der Waals surface area (Å²) in [6, 6.07) is 1.98. The van der Waals surface area contributed by atoms with Crippen LogP contribution in [0.25, 0.3) is 10.2 Å². The van der Waals surface area contributed by atoms with Crippen molar-refractivity contribution in [3.05, 3.63) is 17.8 Å². The predicted octanol–water partition coefficient (Wildman–Crippen LogP) is 0.701. The Balaban J connectivity index is 1.75. The van der Waals surface area contributed by atoms with E-state index in [0.717, 1.165) is 42.0 Å². The summed E-state index contributed by atoms with van der Waals surface area (Å²) in [5, 5.41) is 6.99. The number of piperidine rings is 1. The van der Waals surface area contributed by atoms with E-state index in [2.05, 4.69) is 19.6 Å². The summed E-state index contributed by atoms with van der Waals surface area (Å²) in [6.07, 6.45) is 3.57. The predicted molar refractivity (Wildman–Crippen MR) is 83.5 cm³/mol. The SMILES string of the molecule is NS(=O)(=O)NCC1CCCN(c2ncnc3ccsc23)C1. The zero-order chi connectivity index (χ0) is 14.9. The van der Waals surface area contributed by atoms with Crippen LogP contribution in [0.15, 0.2) is 17.8 Å². The van der Waals surface area contributed by atoms with Gasteiger partial charge in [-0.2, -0.15) is 8.42 Å². The number of nitrogens with two attached hydrogens (primary N) is 1. The van der Waals surface area contributed by atoms with Gasteiger partial charge in [0.15, 0.2) is 0 Å². The van der Waals surface area contributed by atoms with Gasteiger partial charge in [0.1, 0.15) is 12.1 Å². The molecular formula is C12H17N5O2S2. The summed E-state index contributed by atoms with van der Waals surface area (Å²) in [5.74, 6) is 1.18. The molecule has 0 saturated carbocycles. The highest BCUT2D eigenvalue weighted by molar-refractivity contribution is 7.87. The molecule has 1 aliphatic rings. The second kappa shape index (κ2) is 5.84. The van der Waals surface area contributed by atoms with Gasteiger partial charge in [0.2, 0.25) is 0 Å². The van der Waals surface area contributed by atoms with E-state index in [1.54, 1.807) is 17.7 Å². The first-order valence-corrected chi connectivity index (χ1v) is 9.16. The molecule has 0 spiro atoms. The van der Waals surface area contributed by atoms with E-state index in [9.17, 15) is 8.42 Å². The molecule has 2 aromatic heterocycles. The maximum Gasteiger partial charge on any atom is 0.274 e. The number of hydrogen-bond acceptors (Lipinski definition) is 6. The van der Waals surface area contributed by atoms with Crippen LogP contribution in [0.2, 0.25) is 0 Å². The average Bonchev–Trinajstić information content (AvgIpc) is 2.93. The monoisotopic (exact) mass is 327 g/mol. The topological polar surface area (TPSA) is 101 Å². The lowest BCUT2D eigenvalue weighted by Gasteiger charge is -2.33. The molecule has 7 nitrogen and oxygen atoms in total. The van der Waals surface area contributed by atoms with E-state index in [-0.39, 0.29) is 5.92 Å². The largest absolute Gasteiger partial charge is 0.355 e. The molecule has 1 fully saturated rings. The van der Waals surface area contributed by atoms with Gasteiger partial charge < -0.3 is 4.90 Å². The van der Waals surface area contributed by atoms with Gasteiger partial charge in [-0.25, -0.2) is 19.8 Å². The van der Waals surface area contributed by atoms with Gasteiger partial charge in [-0.05, 0) is 30.2 Å². The van der Waals surface area contributed by atoms with Crippen LogP contribution >= 0.6 is 11.3 Å². The van der Waals surface area contributed by atoms with E-state index in [1.165, 1.54) is 0 Å². The molecule has 3 heterocycles. The highest BCUT2D eigenvalue weighted by Crippen LogP contribution is 2.30. The summed E-state index contributed by atoms with van der Waals surface area (Å²) < 4.78 is 25.5. The zero-order valence-corrected chi connectivity index (χ0v) is 13.0. The molecule has 0 bridgehead atoms. The minimum atomic E-state index is -3.62. The van der Waals surface area contributed by atoms with Gasteiger partial charge in [0.25, 0.3) is 10.2 Å². The van der Waals surface area contributed by atoms with E-state index >= 15 is 0 Å². The molecule has 0 amide bonds. The van der Waals surface area contributed by atoms with E-state index in [1.807, 2.05) is 11.4 Å². The van der Waals surface area contributed by atoms with Crippen LogP contribution < -0.4 is 14.8 Å². The van der Waals surface area contributed by atoms with Crippen molar-refractivity contribution >= 4 is 37.6 Å². The van der Waals surface area contributed by atoms with Crippen molar-refractivity contribution in [3.63, 3.8) is 0 Å². The molecule has 0 radical (unpaired) electrons. The van der Waals surface area contributed by atoms with Crippen LogP contribution in [0.3, 0.4) is 0 Å². The summed E-state index contributed by atoms with van der Waals surface area (Å²) in [7, 11) is -3.62. The van der Waals surface area contributed by atoms with E-state index < -0.39 is 10.2 Å². The van der Waals surface area contributed by atoms with Crippen molar-refractivity contribution in [3.8, 4) is 0 Å². The molecule has 2 aromatic rings. The lowest BCUT2D eigenvalue weighted by molar-refractivity contribution is 0.410. The molecule has 1 atom stereocenters. The Morgan fingerprint density at radius 2 is 2.33 bits per heavy atom. The molecule has 3 N–H and O–H groups in total. The molecule has 1 aliphatic heterocycles. The number of nitrogens with zero attached hydrogens (tertiary/aromatic N) is 3. The summed E-state index contributed by atoms with van der Waals surface area (Å²) in [5.41, 5.74) is 0.954. The fourth-order valence-electron chi connectivity index (χ4n) is 2.66. The number of thiophene rings is 1. The Kier molecular flexibility index (Phi) is 4.07. The third-order valence-corrected chi connectivity index (χ3v) is 5.08. The van der Waals surface area contributed by atoms with Crippen molar-refractivity contribution in [1.29, 1.82) is 0 Å². The lowest BCUT2D eigenvalue weighted by atomic mass is 9.98. The van der Waals surface area contributed by atoms with Crippen molar-refractivity contribution in [2.24, 2.45) is 11.1 Å². The molecule has 9 heteroatoms. The van der Waals surface area contributed by atoms with Crippen LogP contribution in [0, 0.1) is 5.92 Å². The second-order valence-electron chi connectivity index (χ2n) is 5.18. The van der Waals surface area contributed by atoms with Gasteiger partial charge in [-0.15, -0.1) is 11.3 Å². The Morgan fingerprint density at radius 3 is 3.14 bits per heavy atom. The number of hydrogen-bond donors (Lipinski definition) is 2. The van der Waals surface area contributed by atoms with Crippen LogP contribution in [0.4, 0.5) is 5.82 Å². The van der Waals surface area contributed by atoms with Crippen molar-refractivity contribution in [2.75, 3.05) is 24.5 Å². The van der Waals surface area contributed by atoms with Crippen LogP contribution in [-0.2, 0) is 10.2 Å². The number of fused-ring (bicyclic) bond motifs is 1. The summed E-state index contributed by atoms with van der Waals surface area (Å²) in [6.45, 7) is 2.07. The number of nitrogens with one attached hydrogen (secondary N) is 1. The van der Waals surface area contributed by atoms with Gasteiger partial charge in [-0.1, -0.05) is 0 Å². The van der Waals surface area contributed by atoms with Gasteiger partial charge in [-0.3, -0.25) is 0 Å². The fraction of sp³-hybridized carbons (Fsp3) is 0.500. The minimum Gasteiger partial charge on any atom is -0.355 e. The van der Waals surface area contributed by atoms with Gasteiger partial charge >= 0.3 is 0 Å². The van der Waals surface area contributed by atoms with Crippen LogP contribution in [0.1, 0.15) is 12.8 Å². The average molecular weight is 327 g/mol. The second-order valence-corrected chi connectivity index (χ2v) is 7.47. The number of aromatic nitrogens is 2. The van der Waals surface area contributed by atoms with Crippen molar-refractivity contribution < 1.29 is 8.42 Å². The first kappa shape index (κ1) is 14.6. The first-order chi connectivity index (χ1) is 10.0. The first-order valence-electron chi connectivity index (χ1n) is 6.73. The minimum absolute atomic E-state index is 0.238. The Hall–Kier alpha value is -1.29. The summed E-state index contributed by atoms with van der Waals surface area (Å²) in [4.78, 5) is 10.9. The van der Waals surface area contributed by atoms with Gasteiger partial charge in [0.05, 0.1) is 10.2 Å². The molecule has 1 saturated heterocycles. The Labute approximate surface area is 127 Å². The number of rotatable bonds is 4. The zero-order valence-electron chi connectivity index (χ0n) is 11.4. The quantitative estimate of drug-likeness (QED) is 0.861. The molecule has 21 heavy (non-hydrogen) atoms. The van der Waals surface area contributed by atoms with Crippen LogP contribution in [-0.4, -0.2) is 38.0 Å².